The summed E-state index contributed by atoms with van der Waals surface area (Å²) in [6.07, 6.45) is 13.2. The van der Waals surface area contributed by atoms with Gasteiger partial charge in [0.15, 0.2) is 11.6 Å². The number of hydrogen-bond donors (Lipinski definition) is 0. The molecular formula is C22H30N4O2. The standard InChI is InChI=1S/C22H30N4O2/c27-20-13-19(24-21-18(20)14-23-26(21)15-7-2-3-8-15)16-9-6-10-17(16)22(28)25-11-4-1-5-12-25/h14-17H,1-13H2/t16-,17-/m0/s1. The lowest BCUT2D eigenvalue weighted by Crippen LogP contribution is -2.42. The number of fused-ring (bicyclic) bond motifs is 1. The molecule has 0 N–H and O–H groups in total. The van der Waals surface area contributed by atoms with E-state index in [0.29, 0.717) is 23.9 Å². The molecule has 6 nitrogen and oxygen atoms in total. The van der Waals surface area contributed by atoms with Crippen molar-refractivity contribution < 1.29 is 9.59 Å². The Balaban J connectivity index is 1.42. The lowest BCUT2D eigenvalue weighted by molar-refractivity contribution is -0.136. The molecule has 2 atom stereocenters. The predicted molar refractivity (Wildman–Crippen MR) is 107 cm³/mol. The number of piperidine rings is 1. The number of nitrogens with zero attached hydrogens (tertiary/aromatic N) is 4. The molecule has 3 heterocycles. The van der Waals surface area contributed by atoms with Crippen LogP contribution in [0, 0.1) is 11.8 Å². The molecule has 1 saturated heterocycles. The second kappa shape index (κ2) is 7.45. The molecule has 2 aliphatic carbocycles. The van der Waals surface area contributed by atoms with Crippen molar-refractivity contribution in [1.29, 1.82) is 0 Å². The van der Waals surface area contributed by atoms with Crippen LogP contribution >= 0.6 is 0 Å². The molecule has 4 aliphatic rings. The van der Waals surface area contributed by atoms with Gasteiger partial charge in [-0.15, -0.1) is 0 Å². The molecule has 0 spiro atoms. The van der Waals surface area contributed by atoms with Gasteiger partial charge in [0, 0.05) is 30.6 Å². The maximum absolute atomic E-state index is 13.2. The third kappa shape index (κ3) is 3.11. The average Bonchev–Trinajstić information content (AvgIpc) is 3.47. The zero-order chi connectivity index (χ0) is 19.1. The van der Waals surface area contributed by atoms with Crippen LogP contribution in [0.3, 0.4) is 0 Å². The van der Waals surface area contributed by atoms with Crippen molar-refractivity contribution >= 4 is 23.2 Å². The molecule has 6 heteroatoms. The van der Waals surface area contributed by atoms with E-state index < -0.39 is 0 Å². The maximum atomic E-state index is 13.2. The molecule has 1 amide bonds. The second-order valence-corrected chi connectivity index (χ2v) is 9.00. The van der Waals surface area contributed by atoms with Gasteiger partial charge < -0.3 is 4.90 Å². The van der Waals surface area contributed by atoms with Gasteiger partial charge in [0.25, 0.3) is 0 Å². The number of carbonyl (C=O) groups excluding carboxylic acids is 2. The molecule has 1 aromatic heterocycles. The molecule has 0 radical (unpaired) electrons. The topological polar surface area (TPSA) is 67.6 Å². The van der Waals surface area contributed by atoms with E-state index in [0.717, 1.165) is 69.6 Å². The van der Waals surface area contributed by atoms with Crippen molar-refractivity contribution in [2.24, 2.45) is 16.8 Å². The number of hydrogen-bond acceptors (Lipinski definition) is 4. The van der Waals surface area contributed by atoms with Crippen LogP contribution in [0.5, 0.6) is 0 Å². The van der Waals surface area contributed by atoms with E-state index in [4.69, 9.17) is 4.99 Å². The van der Waals surface area contributed by atoms with Crippen molar-refractivity contribution in [3.8, 4) is 0 Å². The molecule has 150 valence electrons. The summed E-state index contributed by atoms with van der Waals surface area (Å²) in [4.78, 5) is 33.1. The predicted octanol–water partition coefficient (Wildman–Crippen LogP) is 4.09. The van der Waals surface area contributed by atoms with E-state index in [-0.39, 0.29) is 17.6 Å². The number of likely N-dealkylation sites (tertiary alicyclic amines) is 1. The van der Waals surface area contributed by atoms with Crippen LogP contribution in [0.1, 0.15) is 87.0 Å². The number of carbonyl (C=O) groups is 2. The minimum absolute atomic E-state index is 0.00838. The van der Waals surface area contributed by atoms with Crippen LogP contribution in [0.15, 0.2) is 11.2 Å². The highest BCUT2D eigenvalue weighted by atomic mass is 16.2. The Morgan fingerprint density at radius 2 is 1.75 bits per heavy atom. The first-order valence-electron chi connectivity index (χ1n) is 11.2. The normalized spacial score (nSPS) is 28.5. The molecule has 2 aliphatic heterocycles. The Kier molecular flexibility index (Phi) is 4.81. The van der Waals surface area contributed by atoms with Gasteiger partial charge in [-0.3, -0.25) is 9.59 Å². The highest BCUT2D eigenvalue weighted by molar-refractivity contribution is 6.16. The van der Waals surface area contributed by atoms with Gasteiger partial charge in [-0.25, -0.2) is 9.67 Å². The third-order valence-corrected chi connectivity index (χ3v) is 7.26. The quantitative estimate of drug-likeness (QED) is 0.791. The summed E-state index contributed by atoms with van der Waals surface area (Å²) in [6.45, 7) is 1.79. The van der Waals surface area contributed by atoms with E-state index >= 15 is 0 Å². The molecule has 2 saturated carbocycles. The van der Waals surface area contributed by atoms with Crippen molar-refractivity contribution in [3.05, 3.63) is 11.8 Å². The van der Waals surface area contributed by atoms with Crippen LogP contribution in [-0.2, 0) is 4.79 Å². The number of aliphatic imine (C=N–C) groups is 1. The average molecular weight is 383 g/mol. The molecule has 0 aromatic carbocycles. The number of aromatic nitrogens is 2. The van der Waals surface area contributed by atoms with E-state index in [9.17, 15) is 9.59 Å². The van der Waals surface area contributed by atoms with Crippen LogP contribution in [-0.4, -0.2) is 45.2 Å². The van der Waals surface area contributed by atoms with Gasteiger partial charge in [-0.1, -0.05) is 19.3 Å². The van der Waals surface area contributed by atoms with E-state index in [1.165, 1.54) is 19.3 Å². The second-order valence-electron chi connectivity index (χ2n) is 9.00. The Hall–Kier alpha value is -1.98. The first kappa shape index (κ1) is 18.1. The fraction of sp³-hybridized carbons (Fsp3) is 0.727. The smallest absolute Gasteiger partial charge is 0.226 e. The number of Topliss-reactive ketones (excluding diaryl/α,β-unsaturated/α-hetero) is 1. The lowest BCUT2D eigenvalue weighted by Gasteiger charge is -2.32. The van der Waals surface area contributed by atoms with E-state index in [1.54, 1.807) is 6.20 Å². The summed E-state index contributed by atoms with van der Waals surface area (Å²) >= 11 is 0. The molecule has 28 heavy (non-hydrogen) atoms. The summed E-state index contributed by atoms with van der Waals surface area (Å²) in [5, 5.41) is 4.53. The summed E-state index contributed by atoms with van der Waals surface area (Å²) < 4.78 is 2.00. The Morgan fingerprint density at radius 3 is 2.54 bits per heavy atom. The fourth-order valence-electron chi connectivity index (χ4n) is 5.73. The summed E-state index contributed by atoms with van der Waals surface area (Å²) in [6, 6.07) is 0.369. The summed E-state index contributed by atoms with van der Waals surface area (Å²) in [7, 11) is 0. The molecule has 5 rings (SSSR count). The fourth-order valence-corrected chi connectivity index (χ4v) is 5.73. The largest absolute Gasteiger partial charge is 0.342 e. The molecule has 0 bridgehead atoms. The van der Waals surface area contributed by atoms with Crippen molar-refractivity contribution in [1.82, 2.24) is 14.7 Å². The van der Waals surface area contributed by atoms with Crippen LogP contribution in [0.4, 0.5) is 5.82 Å². The van der Waals surface area contributed by atoms with Crippen LogP contribution in [0.2, 0.25) is 0 Å². The van der Waals surface area contributed by atoms with Gasteiger partial charge in [0.2, 0.25) is 5.91 Å². The highest BCUT2D eigenvalue weighted by Crippen LogP contribution is 2.41. The monoisotopic (exact) mass is 382 g/mol. The molecule has 3 fully saturated rings. The van der Waals surface area contributed by atoms with Gasteiger partial charge in [0.1, 0.15) is 0 Å². The third-order valence-electron chi connectivity index (χ3n) is 7.26. The van der Waals surface area contributed by atoms with Crippen LogP contribution in [0.25, 0.3) is 0 Å². The Bertz CT molecular complexity index is 799. The van der Waals surface area contributed by atoms with E-state index in [1.807, 2.05) is 4.68 Å². The number of ketones is 1. The first-order chi connectivity index (χ1) is 13.7. The van der Waals surface area contributed by atoms with Crippen LogP contribution < -0.4 is 0 Å². The van der Waals surface area contributed by atoms with E-state index in [2.05, 4.69) is 10.00 Å². The first-order valence-corrected chi connectivity index (χ1v) is 11.2. The van der Waals surface area contributed by atoms with Crippen molar-refractivity contribution in [2.75, 3.05) is 13.1 Å². The zero-order valence-corrected chi connectivity index (χ0v) is 16.6. The minimum Gasteiger partial charge on any atom is -0.342 e. The maximum Gasteiger partial charge on any atom is 0.226 e. The summed E-state index contributed by atoms with van der Waals surface area (Å²) in [5.74, 6) is 1.31. The lowest BCUT2D eigenvalue weighted by atomic mass is 9.85. The Morgan fingerprint density at radius 1 is 0.964 bits per heavy atom. The summed E-state index contributed by atoms with van der Waals surface area (Å²) in [5.41, 5.74) is 1.61. The SMILES string of the molecule is O=C1CC([C@H]2CCC[C@@H]2C(=O)N2CCCCC2)=Nc2c1cnn2C1CCCC1. The molecule has 1 aromatic rings. The van der Waals surface area contributed by atoms with Gasteiger partial charge in [-0.2, -0.15) is 5.10 Å². The van der Waals surface area contributed by atoms with Crippen molar-refractivity contribution in [3.63, 3.8) is 0 Å². The Labute approximate surface area is 166 Å². The minimum atomic E-state index is 0.00838. The van der Waals surface area contributed by atoms with Gasteiger partial charge in [-0.05, 0) is 44.9 Å². The van der Waals surface area contributed by atoms with Gasteiger partial charge >= 0.3 is 0 Å². The highest BCUT2D eigenvalue weighted by Gasteiger charge is 2.41. The molecule has 0 unspecified atom stereocenters. The van der Waals surface area contributed by atoms with Crippen molar-refractivity contribution in [2.45, 2.75) is 76.7 Å². The zero-order valence-electron chi connectivity index (χ0n) is 16.6. The molecular weight excluding hydrogens is 352 g/mol. The van der Waals surface area contributed by atoms with Gasteiger partial charge in [0.05, 0.1) is 24.2 Å². The number of amides is 1. The number of rotatable bonds is 3.